The van der Waals surface area contributed by atoms with E-state index in [1.807, 2.05) is 0 Å². The molecular formula is C15H18N4. The number of rotatable bonds is 1. The number of nitrogen functional groups attached to an aromatic ring is 1. The van der Waals surface area contributed by atoms with Crippen molar-refractivity contribution in [2.24, 2.45) is 17.8 Å². The molecule has 19 heavy (non-hydrogen) atoms. The second-order valence-corrected chi connectivity index (χ2v) is 6.83. The Morgan fingerprint density at radius 1 is 1.16 bits per heavy atom. The average molecular weight is 254 g/mol. The highest BCUT2D eigenvalue weighted by Gasteiger charge is 2.53. The molecule has 1 aromatic heterocycles. The first-order valence-electron chi connectivity index (χ1n) is 7.22. The van der Waals surface area contributed by atoms with E-state index >= 15 is 0 Å². The van der Waals surface area contributed by atoms with Gasteiger partial charge in [0.2, 0.25) is 0 Å². The summed E-state index contributed by atoms with van der Waals surface area (Å²) in [6, 6.07) is 2.14. The summed E-state index contributed by atoms with van der Waals surface area (Å²) in [4.78, 5) is 0. The van der Waals surface area contributed by atoms with Crippen LogP contribution in [0.4, 0.5) is 5.69 Å². The van der Waals surface area contributed by atoms with Crippen molar-refractivity contribution in [3.05, 3.63) is 17.5 Å². The Morgan fingerprint density at radius 3 is 2.26 bits per heavy atom. The van der Waals surface area contributed by atoms with Crippen molar-refractivity contribution in [1.82, 2.24) is 10.2 Å². The van der Waals surface area contributed by atoms with E-state index in [9.17, 15) is 0 Å². The maximum Gasteiger partial charge on any atom is 0.103 e. The lowest BCUT2D eigenvalue weighted by atomic mass is 9.48. The Morgan fingerprint density at radius 2 is 1.74 bits per heavy atom. The lowest BCUT2D eigenvalue weighted by Gasteiger charge is -2.56. The summed E-state index contributed by atoms with van der Waals surface area (Å²) in [6.07, 6.45) is 9.27. The molecule has 4 heteroatoms. The van der Waals surface area contributed by atoms with Gasteiger partial charge in [-0.3, -0.25) is 0 Å². The molecule has 0 radical (unpaired) electrons. The van der Waals surface area contributed by atoms with Crippen molar-refractivity contribution in [1.29, 1.82) is 5.26 Å². The van der Waals surface area contributed by atoms with Crippen LogP contribution in [0.2, 0.25) is 0 Å². The van der Waals surface area contributed by atoms with Crippen molar-refractivity contribution in [2.75, 3.05) is 5.73 Å². The monoisotopic (exact) mass is 254 g/mol. The van der Waals surface area contributed by atoms with Gasteiger partial charge in [-0.25, -0.2) is 0 Å². The van der Waals surface area contributed by atoms with Crippen LogP contribution in [0.15, 0.2) is 6.20 Å². The number of aromatic nitrogens is 2. The zero-order valence-corrected chi connectivity index (χ0v) is 11.0. The van der Waals surface area contributed by atoms with Crippen molar-refractivity contribution < 1.29 is 0 Å². The summed E-state index contributed by atoms with van der Waals surface area (Å²) in [6.45, 7) is 0. The van der Waals surface area contributed by atoms with E-state index in [4.69, 9.17) is 11.0 Å². The van der Waals surface area contributed by atoms with Crippen LogP contribution >= 0.6 is 0 Å². The summed E-state index contributed by atoms with van der Waals surface area (Å²) in [7, 11) is 0. The Kier molecular flexibility index (Phi) is 2.18. The minimum Gasteiger partial charge on any atom is -0.396 e. The van der Waals surface area contributed by atoms with Gasteiger partial charge in [-0.2, -0.15) is 15.5 Å². The average Bonchev–Trinajstić information content (AvgIpc) is 2.37. The van der Waals surface area contributed by atoms with Gasteiger partial charge in [0.1, 0.15) is 6.07 Å². The maximum atomic E-state index is 9.13. The molecule has 0 atom stereocenters. The van der Waals surface area contributed by atoms with Crippen molar-refractivity contribution in [2.45, 2.75) is 43.9 Å². The van der Waals surface area contributed by atoms with E-state index in [0.717, 1.165) is 23.4 Å². The highest BCUT2D eigenvalue weighted by Crippen LogP contribution is 2.61. The van der Waals surface area contributed by atoms with E-state index < -0.39 is 0 Å². The smallest absolute Gasteiger partial charge is 0.103 e. The molecule has 0 unspecified atom stereocenters. The third kappa shape index (κ3) is 1.51. The molecular weight excluding hydrogens is 236 g/mol. The molecule has 0 saturated heterocycles. The Bertz CT molecular complexity index is 537. The summed E-state index contributed by atoms with van der Waals surface area (Å²) >= 11 is 0. The number of anilines is 1. The Balaban J connectivity index is 1.82. The maximum absolute atomic E-state index is 9.13. The third-order valence-corrected chi connectivity index (χ3v) is 5.55. The van der Waals surface area contributed by atoms with Crippen LogP contribution in [-0.4, -0.2) is 10.2 Å². The Labute approximate surface area is 113 Å². The first-order chi connectivity index (χ1) is 9.20. The number of nitrogens with zero attached hydrogens (tertiary/aromatic N) is 3. The molecule has 4 aliphatic carbocycles. The fourth-order valence-electron chi connectivity index (χ4n) is 5.28. The van der Waals surface area contributed by atoms with Gasteiger partial charge in [-0.15, -0.1) is 0 Å². The molecule has 4 aliphatic rings. The van der Waals surface area contributed by atoms with Crippen LogP contribution in [0.1, 0.15) is 49.8 Å². The highest BCUT2D eigenvalue weighted by atomic mass is 15.1. The largest absolute Gasteiger partial charge is 0.396 e. The SMILES string of the molecule is N#Cc1cnnc(C23CC4CC(CC(C4)C2)C3)c1N. The first-order valence-corrected chi connectivity index (χ1v) is 7.22. The summed E-state index contributed by atoms with van der Waals surface area (Å²) in [5, 5.41) is 17.5. The Hall–Kier alpha value is -1.63. The standard InChI is InChI=1S/C15H18N4/c16-7-12-8-18-19-14(13(12)17)15-4-9-1-10(5-15)3-11(2-9)6-15/h8-11H,1-6H2,(H2,17,18). The molecule has 0 spiro atoms. The van der Waals surface area contributed by atoms with Gasteiger partial charge in [0, 0.05) is 5.41 Å². The predicted octanol–water partition coefficient (Wildman–Crippen LogP) is 2.40. The van der Waals surface area contributed by atoms with Gasteiger partial charge in [-0.05, 0) is 56.3 Å². The molecule has 98 valence electrons. The van der Waals surface area contributed by atoms with E-state index in [-0.39, 0.29) is 5.41 Å². The van der Waals surface area contributed by atoms with E-state index in [1.165, 1.54) is 44.7 Å². The van der Waals surface area contributed by atoms with E-state index in [2.05, 4.69) is 16.3 Å². The van der Waals surface area contributed by atoms with Gasteiger partial charge in [0.25, 0.3) is 0 Å². The molecule has 0 amide bonds. The summed E-state index contributed by atoms with van der Waals surface area (Å²) < 4.78 is 0. The predicted molar refractivity (Wildman–Crippen MR) is 71.0 cm³/mol. The number of nitrogens with two attached hydrogens (primary N) is 1. The molecule has 4 bridgehead atoms. The minimum absolute atomic E-state index is 0.124. The summed E-state index contributed by atoms with van der Waals surface area (Å²) in [5.41, 5.74) is 8.31. The van der Waals surface area contributed by atoms with Crippen LogP contribution in [0.5, 0.6) is 0 Å². The van der Waals surface area contributed by atoms with Gasteiger partial charge in [0.05, 0.1) is 23.1 Å². The number of hydrogen-bond donors (Lipinski definition) is 1. The number of nitriles is 1. The quantitative estimate of drug-likeness (QED) is 0.835. The van der Waals surface area contributed by atoms with E-state index in [0.29, 0.717) is 11.3 Å². The van der Waals surface area contributed by atoms with Crippen LogP contribution in [0.3, 0.4) is 0 Å². The van der Waals surface area contributed by atoms with Crippen LogP contribution in [-0.2, 0) is 5.41 Å². The van der Waals surface area contributed by atoms with Gasteiger partial charge in [0.15, 0.2) is 0 Å². The van der Waals surface area contributed by atoms with Crippen molar-refractivity contribution >= 4 is 5.69 Å². The fourth-order valence-corrected chi connectivity index (χ4v) is 5.28. The molecule has 4 nitrogen and oxygen atoms in total. The lowest BCUT2D eigenvalue weighted by Crippen LogP contribution is -2.49. The van der Waals surface area contributed by atoms with Gasteiger partial charge in [-0.1, -0.05) is 0 Å². The zero-order chi connectivity index (χ0) is 13.0. The normalized spacial score (nSPS) is 39.2. The molecule has 2 N–H and O–H groups in total. The van der Waals surface area contributed by atoms with Gasteiger partial charge < -0.3 is 5.73 Å². The minimum atomic E-state index is 0.124. The lowest BCUT2D eigenvalue weighted by molar-refractivity contribution is -0.00721. The fraction of sp³-hybridized carbons (Fsp3) is 0.667. The number of hydrogen-bond acceptors (Lipinski definition) is 4. The molecule has 4 saturated carbocycles. The second-order valence-electron chi connectivity index (χ2n) is 6.83. The molecule has 4 fully saturated rings. The zero-order valence-electron chi connectivity index (χ0n) is 11.0. The second kappa shape index (κ2) is 3.69. The molecule has 1 aromatic rings. The molecule has 5 rings (SSSR count). The summed E-state index contributed by atoms with van der Waals surface area (Å²) in [5.74, 6) is 2.54. The van der Waals surface area contributed by atoms with Crippen LogP contribution < -0.4 is 5.73 Å². The molecule has 1 heterocycles. The molecule has 0 aromatic carbocycles. The van der Waals surface area contributed by atoms with Crippen LogP contribution in [0.25, 0.3) is 0 Å². The van der Waals surface area contributed by atoms with Gasteiger partial charge >= 0.3 is 0 Å². The van der Waals surface area contributed by atoms with E-state index in [1.54, 1.807) is 0 Å². The first kappa shape index (κ1) is 11.2. The highest BCUT2D eigenvalue weighted by molar-refractivity contribution is 5.58. The van der Waals surface area contributed by atoms with Crippen molar-refractivity contribution in [3.63, 3.8) is 0 Å². The molecule has 0 aliphatic heterocycles. The van der Waals surface area contributed by atoms with Crippen LogP contribution in [0, 0.1) is 29.1 Å². The van der Waals surface area contributed by atoms with Crippen molar-refractivity contribution in [3.8, 4) is 6.07 Å². The third-order valence-electron chi connectivity index (χ3n) is 5.55. The topological polar surface area (TPSA) is 75.6 Å².